The highest BCUT2D eigenvalue weighted by Crippen LogP contribution is 2.38. The molecule has 1 aliphatic rings. The molecule has 2 heterocycles. The van der Waals surface area contributed by atoms with Crippen LogP contribution in [0.15, 0.2) is 54.7 Å². The number of aromatic nitrogens is 3. The third kappa shape index (κ3) is 3.90. The molecule has 5 rings (SSSR count). The molecule has 0 saturated heterocycles. The number of benzene rings is 2. The molecule has 4 aromatic rings. The smallest absolute Gasteiger partial charge is 0.257 e. The van der Waals surface area contributed by atoms with E-state index in [2.05, 4.69) is 10.3 Å². The van der Waals surface area contributed by atoms with Crippen LogP contribution >= 0.6 is 11.6 Å². The van der Waals surface area contributed by atoms with Crippen molar-refractivity contribution in [2.24, 2.45) is 5.73 Å². The molecule has 0 radical (unpaired) electrons. The third-order valence-electron chi connectivity index (χ3n) is 5.92. The maximum atomic E-state index is 13.5. The van der Waals surface area contributed by atoms with Gasteiger partial charge in [0, 0.05) is 29.6 Å². The number of anilines is 1. The van der Waals surface area contributed by atoms with Crippen LogP contribution in [0.4, 0.5) is 10.1 Å². The highest BCUT2D eigenvalue weighted by molar-refractivity contribution is 6.29. The minimum Gasteiger partial charge on any atom is -0.325 e. The number of rotatable bonds is 4. The molecular formula is C25H21ClFN5O. The number of pyridine rings is 1. The van der Waals surface area contributed by atoms with Crippen molar-refractivity contribution in [3.63, 3.8) is 0 Å². The van der Waals surface area contributed by atoms with Crippen LogP contribution in [-0.2, 0) is 19.4 Å². The first-order valence-corrected chi connectivity index (χ1v) is 11.0. The summed E-state index contributed by atoms with van der Waals surface area (Å²) < 4.78 is 15.3. The molecule has 0 bridgehead atoms. The van der Waals surface area contributed by atoms with Crippen molar-refractivity contribution in [2.45, 2.75) is 26.3 Å². The molecule has 0 atom stereocenters. The lowest BCUT2D eigenvalue weighted by Gasteiger charge is -2.20. The molecule has 1 aliphatic carbocycles. The molecule has 0 unspecified atom stereocenters. The van der Waals surface area contributed by atoms with E-state index in [0.29, 0.717) is 22.9 Å². The van der Waals surface area contributed by atoms with E-state index in [1.807, 2.05) is 29.8 Å². The highest BCUT2D eigenvalue weighted by Gasteiger charge is 2.26. The summed E-state index contributed by atoms with van der Waals surface area (Å²) in [6, 6.07) is 13.7. The molecule has 8 heteroatoms. The largest absolute Gasteiger partial charge is 0.325 e. The van der Waals surface area contributed by atoms with Gasteiger partial charge >= 0.3 is 0 Å². The van der Waals surface area contributed by atoms with Gasteiger partial charge in [-0.3, -0.25) is 4.79 Å². The second kappa shape index (κ2) is 8.42. The number of carbonyl (C=O) groups excluding carboxylic acids is 1. The fourth-order valence-electron chi connectivity index (χ4n) is 4.28. The van der Waals surface area contributed by atoms with Crippen molar-refractivity contribution in [3.8, 4) is 16.9 Å². The molecule has 0 aliphatic heterocycles. The zero-order chi connectivity index (χ0) is 23.1. The van der Waals surface area contributed by atoms with E-state index in [1.54, 1.807) is 18.2 Å². The Morgan fingerprint density at radius 1 is 1.18 bits per heavy atom. The summed E-state index contributed by atoms with van der Waals surface area (Å²) >= 11 is 5.92. The number of carbonyl (C=O) groups is 1. The summed E-state index contributed by atoms with van der Waals surface area (Å²) in [5, 5.41) is 8.03. The predicted octanol–water partition coefficient (Wildman–Crippen LogP) is 4.84. The molecule has 6 nitrogen and oxygen atoms in total. The van der Waals surface area contributed by atoms with Gasteiger partial charge in [-0.05, 0) is 73.4 Å². The Balaban J connectivity index is 1.57. The number of nitrogens with zero attached hydrogens (tertiary/aromatic N) is 3. The van der Waals surface area contributed by atoms with E-state index in [9.17, 15) is 9.18 Å². The minimum atomic E-state index is -0.309. The topological polar surface area (TPSA) is 85.8 Å². The van der Waals surface area contributed by atoms with Gasteiger partial charge in [0.1, 0.15) is 11.0 Å². The number of hydrogen-bond donors (Lipinski definition) is 2. The van der Waals surface area contributed by atoms with Crippen LogP contribution < -0.4 is 11.1 Å². The van der Waals surface area contributed by atoms with Crippen LogP contribution in [0.1, 0.15) is 32.7 Å². The van der Waals surface area contributed by atoms with E-state index in [4.69, 9.17) is 22.4 Å². The second-order valence-corrected chi connectivity index (χ2v) is 8.40. The molecule has 0 fully saturated rings. The highest BCUT2D eigenvalue weighted by atomic mass is 35.5. The van der Waals surface area contributed by atoms with Gasteiger partial charge in [-0.15, -0.1) is 0 Å². The van der Waals surface area contributed by atoms with Gasteiger partial charge < -0.3 is 11.1 Å². The summed E-state index contributed by atoms with van der Waals surface area (Å²) in [5.41, 5.74) is 13.5. The standard InChI is InChI=1S/C25H21ClFN5O/c1-14-10-23(26)29-13-21(14)25(33)30-17-6-2-15-3-9-19-22(12-28)31-32(24(19)20(15)11-17)18-7-4-16(27)5-8-18/h2,4-8,10-11,13H,3,9,12,28H2,1H3,(H,30,33). The average Bonchev–Trinajstić information content (AvgIpc) is 3.19. The Labute approximate surface area is 195 Å². The van der Waals surface area contributed by atoms with Crippen molar-refractivity contribution in [1.29, 1.82) is 0 Å². The SMILES string of the molecule is Cc1cc(Cl)ncc1C(=O)Nc1ccc2c(c1)-c1c(c(CN)nn1-c1ccc(F)cc1)CC2. The Kier molecular flexibility index (Phi) is 5.44. The lowest BCUT2D eigenvalue weighted by molar-refractivity contribution is 0.102. The van der Waals surface area contributed by atoms with E-state index >= 15 is 0 Å². The number of fused-ring (bicyclic) bond motifs is 3. The first-order chi connectivity index (χ1) is 15.9. The van der Waals surface area contributed by atoms with Crippen molar-refractivity contribution in [3.05, 3.63) is 93.6 Å². The molecule has 2 aromatic heterocycles. The summed E-state index contributed by atoms with van der Waals surface area (Å²) in [6.07, 6.45) is 3.14. The molecule has 0 saturated carbocycles. The van der Waals surface area contributed by atoms with Crippen LogP contribution in [0.5, 0.6) is 0 Å². The number of aryl methyl sites for hydroxylation is 2. The monoisotopic (exact) mass is 461 g/mol. The van der Waals surface area contributed by atoms with Crippen molar-refractivity contribution in [1.82, 2.24) is 14.8 Å². The van der Waals surface area contributed by atoms with Gasteiger partial charge in [-0.1, -0.05) is 17.7 Å². The van der Waals surface area contributed by atoms with Crippen LogP contribution in [0.25, 0.3) is 16.9 Å². The Morgan fingerprint density at radius 3 is 2.70 bits per heavy atom. The van der Waals surface area contributed by atoms with Gasteiger partial charge in [-0.25, -0.2) is 14.1 Å². The van der Waals surface area contributed by atoms with E-state index in [1.165, 1.54) is 18.3 Å². The number of nitrogens with two attached hydrogens (primary N) is 1. The summed E-state index contributed by atoms with van der Waals surface area (Å²) in [4.78, 5) is 16.9. The lowest BCUT2D eigenvalue weighted by atomic mass is 9.88. The van der Waals surface area contributed by atoms with Gasteiger partial charge in [0.2, 0.25) is 0 Å². The Hall–Kier alpha value is -3.55. The summed E-state index contributed by atoms with van der Waals surface area (Å²) in [5.74, 6) is -0.571. The number of amides is 1. The molecule has 166 valence electrons. The van der Waals surface area contributed by atoms with E-state index in [-0.39, 0.29) is 11.7 Å². The molecular weight excluding hydrogens is 441 g/mol. The normalized spacial score (nSPS) is 12.2. The quantitative estimate of drug-likeness (QED) is 0.425. The summed E-state index contributed by atoms with van der Waals surface area (Å²) in [7, 11) is 0. The van der Waals surface area contributed by atoms with E-state index < -0.39 is 0 Å². The van der Waals surface area contributed by atoms with Crippen molar-refractivity contribution >= 4 is 23.2 Å². The maximum Gasteiger partial charge on any atom is 0.257 e. The zero-order valence-corrected chi connectivity index (χ0v) is 18.7. The van der Waals surface area contributed by atoms with Crippen LogP contribution in [0.3, 0.4) is 0 Å². The van der Waals surface area contributed by atoms with Crippen LogP contribution in [0, 0.1) is 12.7 Å². The molecule has 0 spiro atoms. The van der Waals surface area contributed by atoms with Gasteiger partial charge in [-0.2, -0.15) is 5.10 Å². The first kappa shape index (κ1) is 21.3. The van der Waals surface area contributed by atoms with Crippen LogP contribution in [-0.4, -0.2) is 20.7 Å². The van der Waals surface area contributed by atoms with Gasteiger partial charge in [0.05, 0.1) is 22.6 Å². The molecule has 1 amide bonds. The Morgan fingerprint density at radius 2 is 1.97 bits per heavy atom. The van der Waals surface area contributed by atoms with E-state index in [0.717, 1.165) is 52.2 Å². The Bertz CT molecular complexity index is 1380. The maximum absolute atomic E-state index is 13.5. The third-order valence-corrected chi connectivity index (χ3v) is 6.13. The lowest BCUT2D eigenvalue weighted by Crippen LogP contribution is -2.15. The zero-order valence-electron chi connectivity index (χ0n) is 17.9. The van der Waals surface area contributed by atoms with Gasteiger partial charge in [0.15, 0.2) is 0 Å². The second-order valence-electron chi connectivity index (χ2n) is 8.01. The number of nitrogens with one attached hydrogen (secondary N) is 1. The minimum absolute atomic E-state index is 0.262. The molecule has 3 N–H and O–H groups in total. The number of hydrogen-bond acceptors (Lipinski definition) is 4. The van der Waals surface area contributed by atoms with Crippen molar-refractivity contribution < 1.29 is 9.18 Å². The molecule has 33 heavy (non-hydrogen) atoms. The first-order valence-electron chi connectivity index (χ1n) is 10.6. The average molecular weight is 462 g/mol. The van der Waals surface area contributed by atoms with Crippen molar-refractivity contribution in [2.75, 3.05) is 5.32 Å². The van der Waals surface area contributed by atoms with Gasteiger partial charge in [0.25, 0.3) is 5.91 Å². The fraction of sp³-hybridized carbons (Fsp3) is 0.160. The fourth-order valence-corrected chi connectivity index (χ4v) is 4.49. The van der Waals surface area contributed by atoms with Crippen LogP contribution in [0.2, 0.25) is 5.15 Å². The molecule has 2 aromatic carbocycles. The number of halogens is 2. The predicted molar refractivity (Wildman–Crippen MR) is 126 cm³/mol. The summed E-state index contributed by atoms with van der Waals surface area (Å²) in [6.45, 7) is 2.13.